The molecular formula is C21H18FN3O2. The second-order valence-electron chi connectivity index (χ2n) is 6.75. The SMILES string of the molecule is Cc1cc(-c2cc(Oc3cncc(C4(F)CC4)c3)ccn2)ccc1C(N)=O. The topological polar surface area (TPSA) is 78.1 Å². The highest BCUT2D eigenvalue weighted by atomic mass is 19.1. The maximum Gasteiger partial charge on any atom is 0.248 e. The van der Waals surface area contributed by atoms with Crippen LogP contribution in [0.1, 0.15) is 34.3 Å². The predicted molar refractivity (Wildman–Crippen MR) is 99.3 cm³/mol. The summed E-state index contributed by atoms with van der Waals surface area (Å²) in [6, 6.07) is 10.5. The largest absolute Gasteiger partial charge is 0.456 e. The third kappa shape index (κ3) is 3.51. The van der Waals surface area contributed by atoms with E-state index in [0.29, 0.717) is 41.2 Å². The number of carbonyl (C=O) groups is 1. The number of benzene rings is 1. The normalized spacial score (nSPS) is 14.6. The van der Waals surface area contributed by atoms with E-state index < -0.39 is 11.6 Å². The van der Waals surface area contributed by atoms with Crippen molar-refractivity contribution in [3.8, 4) is 22.8 Å². The third-order valence-corrected chi connectivity index (χ3v) is 4.67. The number of rotatable bonds is 5. The fourth-order valence-electron chi connectivity index (χ4n) is 2.99. The quantitative estimate of drug-likeness (QED) is 0.733. The summed E-state index contributed by atoms with van der Waals surface area (Å²) in [6.07, 6.45) is 5.79. The van der Waals surface area contributed by atoms with Gasteiger partial charge in [0, 0.05) is 35.2 Å². The van der Waals surface area contributed by atoms with Gasteiger partial charge in [-0.3, -0.25) is 14.8 Å². The summed E-state index contributed by atoms with van der Waals surface area (Å²) in [5, 5.41) is 0. The summed E-state index contributed by atoms with van der Waals surface area (Å²) in [4.78, 5) is 19.8. The molecule has 1 fully saturated rings. The number of hydrogen-bond donors (Lipinski definition) is 1. The Labute approximate surface area is 156 Å². The van der Waals surface area contributed by atoms with Crippen LogP contribution >= 0.6 is 0 Å². The monoisotopic (exact) mass is 363 g/mol. The maximum absolute atomic E-state index is 14.2. The van der Waals surface area contributed by atoms with E-state index in [9.17, 15) is 9.18 Å². The van der Waals surface area contributed by atoms with Gasteiger partial charge in [-0.05, 0) is 49.6 Å². The van der Waals surface area contributed by atoms with Crippen LogP contribution < -0.4 is 10.5 Å². The number of pyridine rings is 2. The van der Waals surface area contributed by atoms with Crippen LogP contribution in [0.3, 0.4) is 0 Å². The summed E-state index contributed by atoms with van der Waals surface area (Å²) in [6.45, 7) is 1.83. The van der Waals surface area contributed by atoms with E-state index in [1.807, 2.05) is 13.0 Å². The molecule has 0 unspecified atom stereocenters. The van der Waals surface area contributed by atoms with Crippen molar-refractivity contribution in [1.82, 2.24) is 9.97 Å². The van der Waals surface area contributed by atoms with E-state index >= 15 is 0 Å². The molecule has 1 saturated carbocycles. The lowest BCUT2D eigenvalue weighted by molar-refractivity contribution is 0.0999. The minimum Gasteiger partial charge on any atom is -0.456 e. The van der Waals surface area contributed by atoms with Crippen LogP contribution in [0.2, 0.25) is 0 Å². The van der Waals surface area contributed by atoms with E-state index in [0.717, 1.165) is 11.1 Å². The van der Waals surface area contributed by atoms with Crippen LogP contribution in [0, 0.1) is 6.92 Å². The zero-order chi connectivity index (χ0) is 19.0. The zero-order valence-electron chi connectivity index (χ0n) is 14.8. The van der Waals surface area contributed by atoms with Crippen LogP contribution in [0.15, 0.2) is 55.0 Å². The molecule has 2 heterocycles. The molecule has 0 bridgehead atoms. The van der Waals surface area contributed by atoms with Gasteiger partial charge >= 0.3 is 0 Å². The summed E-state index contributed by atoms with van der Waals surface area (Å²) < 4.78 is 20.1. The molecule has 0 aliphatic heterocycles. The zero-order valence-corrected chi connectivity index (χ0v) is 14.8. The molecule has 1 aliphatic rings. The van der Waals surface area contributed by atoms with Crippen molar-refractivity contribution in [1.29, 1.82) is 0 Å². The lowest BCUT2D eigenvalue weighted by atomic mass is 10.0. The van der Waals surface area contributed by atoms with Crippen molar-refractivity contribution in [2.75, 3.05) is 0 Å². The number of nitrogens with zero attached hydrogens (tertiary/aromatic N) is 2. The lowest BCUT2D eigenvalue weighted by Gasteiger charge is -2.10. The molecule has 2 N–H and O–H groups in total. The molecule has 2 aromatic heterocycles. The number of halogens is 1. The standard InChI is InChI=1S/C21H18FN3O2/c1-13-8-14(2-3-18(13)20(23)26)19-10-16(4-7-25-19)27-17-9-15(11-24-12-17)21(22)5-6-21/h2-4,7-12H,5-6H2,1H3,(H2,23,26). The number of alkyl halides is 1. The van der Waals surface area contributed by atoms with Gasteiger partial charge in [-0.25, -0.2) is 4.39 Å². The molecule has 1 aliphatic carbocycles. The summed E-state index contributed by atoms with van der Waals surface area (Å²) in [7, 11) is 0. The van der Waals surface area contributed by atoms with Gasteiger partial charge in [0.2, 0.25) is 5.91 Å². The third-order valence-electron chi connectivity index (χ3n) is 4.67. The van der Waals surface area contributed by atoms with E-state index in [4.69, 9.17) is 10.5 Å². The Hall–Kier alpha value is -3.28. The van der Waals surface area contributed by atoms with Crippen LogP contribution in [0.5, 0.6) is 11.5 Å². The Balaban J connectivity index is 1.60. The minimum atomic E-state index is -1.25. The Morgan fingerprint density at radius 2 is 1.96 bits per heavy atom. The molecular weight excluding hydrogens is 345 g/mol. The molecule has 4 rings (SSSR count). The molecule has 1 amide bonds. The smallest absolute Gasteiger partial charge is 0.248 e. The number of amides is 1. The average Bonchev–Trinajstić information content (AvgIpc) is 3.41. The first-order valence-corrected chi connectivity index (χ1v) is 8.64. The molecule has 5 nitrogen and oxygen atoms in total. The van der Waals surface area contributed by atoms with Gasteiger partial charge in [0.1, 0.15) is 17.2 Å². The predicted octanol–water partition coefficient (Wildman–Crippen LogP) is 4.30. The van der Waals surface area contributed by atoms with Crippen molar-refractivity contribution >= 4 is 5.91 Å². The van der Waals surface area contributed by atoms with Gasteiger partial charge in [-0.2, -0.15) is 0 Å². The maximum atomic E-state index is 14.2. The Morgan fingerprint density at radius 3 is 2.67 bits per heavy atom. The number of nitrogens with two attached hydrogens (primary N) is 1. The van der Waals surface area contributed by atoms with Gasteiger partial charge < -0.3 is 10.5 Å². The van der Waals surface area contributed by atoms with E-state index in [1.54, 1.807) is 48.9 Å². The number of aryl methyl sites for hydroxylation is 1. The van der Waals surface area contributed by atoms with Gasteiger partial charge in [0.05, 0.1) is 11.9 Å². The van der Waals surface area contributed by atoms with E-state index in [1.165, 1.54) is 0 Å². The van der Waals surface area contributed by atoms with Gasteiger partial charge in [-0.1, -0.05) is 6.07 Å². The fourth-order valence-corrected chi connectivity index (χ4v) is 2.99. The van der Waals surface area contributed by atoms with Crippen LogP contribution in [-0.2, 0) is 5.67 Å². The van der Waals surface area contributed by atoms with Crippen molar-refractivity contribution in [2.45, 2.75) is 25.4 Å². The highest BCUT2D eigenvalue weighted by Crippen LogP contribution is 2.49. The highest BCUT2D eigenvalue weighted by Gasteiger charge is 2.45. The van der Waals surface area contributed by atoms with Crippen molar-refractivity contribution < 1.29 is 13.9 Å². The molecule has 0 spiro atoms. The molecule has 1 aromatic carbocycles. The molecule has 0 atom stereocenters. The van der Waals surface area contributed by atoms with Gasteiger partial charge in [0.25, 0.3) is 0 Å². The Kier molecular flexibility index (Phi) is 4.11. The molecule has 3 aromatic rings. The number of ether oxygens (including phenoxy) is 1. The number of carbonyl (C=O) groups excluding carboxylic acids is 1. The number of hydrogen-bond acceptors (Lipinski definition) is 4. The van der Waals surface area contributed by atoms with Gasteiger partial charge in [0.15, 0.2) is 0 Å². The fraction of sp³-hybridized carbons (Fsp3) is 0.190. The van der Waals surface area contributed by atoms with Crippen LogP contribution in [0.4, 0.5) is 4.39 Å². The first kappa shape index (κ1) is 17.1. The second-order valence-corrected chi connectivity index (χ2v) is 6.75. The summed E-state index contributed by atoms with van der Waals surface area (Å²) >= 11 is 0. The van der Waals surface area contributed by atoms with Gasteiger partial charge in [-0.15, -0.1) is 0 Å². The highest BCUT2D eigenvalue weighted by molar-refractivity contribution is 5.94. The molecule has 0 radical (unpaired) electrons. The summed E-state index contributed by atoms with van der Waals surface area (Å²) in [5.41, 5.74) is 7.45. The first-order chi connectivity index (χ1) is 12.9. The van der Waals surface area contributed by atoms with Crippen LogP contribution in [-0.4, -0.2) is 15.9 Å². The minimum absolute atomic E-state index is 0.460. The molecule has 136 valence electrons. The lowest BCUT2D eigenvalue weighted by Crippen LogP contribution is -2.12. The molecule has 27 heavy (non-hydrogen) atoms. The van der Waals surface area contributed by atoms with Crippen molar-refractivity contribution in [3.05, 3.63) is 71.7 Å². The summed E-state index contributed by atoms with van der Waals surface area (Å²) in [5.74, 6) is 0.589. The molecule has 0 saturated heterocycles. The van der Waals surface area contributed by atoms with E-state index in [2.05, 4.69) is 9.97 Å². The number of primary amides is 1. The van der Waals surface area contributed by atoms with Crippen molar-refractivity contribution in [2.24, 2.45) is 5.73 Å². The Morgan fingerprint density at radius 1 is 1.15 bits per heavy atom. The molecule has 6 heteroatoms. The van der Waals surface area contributed by atoms with Crippen LogP contribution in [0.25, 0.3) is 11.3 Å². The first-order valence-electron chi connectivity index (χ1n) is 8.64. The average molecular weight is 363 g/mol. The Bertz CT molecular complexity index is 1030. The van der Waals surface area contributed by atoms with Crippen molar-refractivity contribution in [3.63, 3.8) is 0 Å². The number of aromatic nitrogens is 2. The second kappa shape index (κ2) is 6.46. The van der Waals surface area contributed by atoms with E-state index in [-0.39, 0.29) is 0 Å².